The number of hydrogen-bond donors (Lipinski definition) is 1. The smallest absolute Gasteiger partial charge is 0.271 e. The molecule has 2 aromatic carbocycles. The van der Waals surface area contributed by atoms with Gasteiger partial charge in [0.2, 0.25) is 15.9 Å². The Morgan fingerprint density at radius 2 is 1.76 bits per heavy atom. The predicted molar refractivity (Wildman–Crippen MR) is 114 cm³/mol. The molecule has 0 saturated heterocycles. The van der Waals surface area contributed by atoms with E-state index in [-0.39, 0.29) is 21.8 Å². The van der Waals surface area contributed by atoms with Gasteiger partial charge in [0.05, 0.1) is 27.6 Å². The number of nitrogens with one attached hydrogen (secondary N) is 1. The largest absolute Gasteiger partial charge is 0.323 e. The van der Waals surface area contributed by atoms with Crippen LogP contribution in [0.15, 0.2) is 42.5 Å². The topological polar surface area (TPSA) is 110 Å². The van der Waals surface area contributed by atoms with E-state index in [9.17, 15) is 23.3 Å². The van der Waals surface area contributed by atoms with E-state index >= 15 is 0 Å². The number of non-ortho nitro benzene ring substituents is 1. The van der Waals surface area contributed by atoms with E-state index in [0.29, 0.717) is 5.69 Å². The van der Waals surface area contributed by atoms with Crippen LogP contribution in [0.3, 0.4) is 0 Å². The summed E-state index contributed by atoms with van der Waals surface area (Å²) in [5, 5.41) is 13.4. The van der Waals surface area contributed by atoms with Crippen molar-refractivity contribution in [1.82, 2.24) is 0 Å². The summed E-state index contributed by atoms with van der Waals surface area (Å²) in [7, 11) is -3.75. The zero-order valence-electron chi connectivity index (χ0n) is 16.5. The Kier molecular flexibility index (Phi) is 6.54. The second-order valence-electron chi connectivity index (χ2n) is 7.54. The van der Waals surface area contributed by atoms with E-state index in [0.717, 1.165) is 22.2 Å². The molecule has 2 rings (SSSR count). The highest BCUT2D eigenvalue weighted by molar-refractivity contribution is 7.92. The molecule has 1 amide bonds. The van der Waals surface area contributed by atoms with Crippen LogP contribution in [0, 0.1) is 10.1 Å². The molecule has 156 valence electrons. The fourth-order valence-corrected chi connectivity index (χ4v) is 3.59. The molecule has 1 N–H and O–H groups in total. The molecule has 0 spiro atoms. The Morgan fingerprint density at radius 1 is 1.17 bits per heavy atom. The number of halogens is 1. The highest BCUT2D eigenvalue weighted by Crippen LogP contribution is 2.28. The van der Waals surface area contributed by atoms with Crippen LogP contribution in [0.25, 0.3) is 0 Å². The van der Waals surface area contributed by atoms with Gasteiger partial charge >= 0.3 is 0 Å². The van der Waals surface area contributed by atoms with Crippen LogP contribution < -0.4 is 9.62 Å². The van der Waals surface area contributed by atoms with Gasteiger partial charge in [-0.2, -0.15) is 0 Å². The maximum atomic E-state index is 12.5. The lowest BCUT2D eigenvalue weighted by atomic mass is 9.87. The van der Waals surface area contributed by atoms with E-state index < -0.39 is 27.4 Å². The van der Waals surface area contributed by atoms with Crippen molar-refractivity contribution in [1.29, 1.82) is 0 Å². The maximum absolute atomic E-state index is 12.5. The second-order valence-corrected chi connectivity index (χ2v) is 9.85. The zero-order valence-corrected chi connectivity index (χ0v) is 18.0. The summed E-state index contributed by atoms with van der Waals surface area (Å²) in [6.07, 6.45) is 0.998. The fraction of sp³-hybridized carbons (Fsp3) is 0.316. The van der Waals surface area contributed by atoms with Gasteiger partial charge in [-0.15, -0.1) is 0 Å². The monoisotopic (exact) mass is 439 g/mol. The molecule has 0 radical (unpaired) electrons. The second kappa shape index (κ2) is 8.38. The molecule has 29 heavy (non-hydrogen) atoms. The molecule has 0 bridgehead atoms. The summed E-state index contributed by atoms with van der Waals surface area (Å²) < 4.78 is 25.4. The molecule has 0 saturated carbocycles. The highest BCUT2D eigenvalue weighted by Gasteiger charge is 2.23. The SMILES string of the molecule is CC(C)(C)c1ccc(N(CC(=O)Nc2cc([N+](=O)[O-])ccc2Cl)S(C)(=O)=O)cc1. The number of nitro benzene ring substituents is 1. The molecule has 0 aliphatic heterocycles. The molecule has 8 nitrogen and oxygen atoms in total. The van der Waals surface area contributed by atoms with Gasteiger partial charge in [0.25, 0.3) is 5.69 Å². The van der Waals surface area contributed by atoms with Crippen LogP contribution in [0.2, 0.25) is 5.02 Å². The number of nitrogens with zero attached hydrogens (tertiary/aromatic N) is 2. The van der Waals surface area contributed by atoms with Gasteiger partial charge in [-0.05, 0) is 29.2 Å². The van der Waals surface area contributed by atoms with Gasteiger partial charge in [0, 0.05) is 12.1 Å². The summed E-state index contributed by atoms with van der Waals surface area (Å²) in [6.45, 7) is 5.60. The van der Waals surface area contributed by atoms with Crippen molar-refractivity contribution in [2.24, 2.45) is 0 Å². The van der Waals surface area contributed by atoms with Gasteiger partial charge in [0.15, 0.2) is 0 Å². The number of benzene rings is 2. The van der Waals surface area contributed by atoms with Crippen LogP contribution in [0.4, 0.5) is 17.1 Å². The zero-order chi connectivity index (χ0) is 22.0. The number of anilines is 2. The van der Waals surface area contributed by atoms with E-state index in [1.54, 1.807) is 12.1 Å². The molecule has 2 aromatic rings. The van der Waals surface area contributed by atoms with Crippen molar-refractivity contribution >= 4 is 44.6 Å². The summed E-state index contributed by atoms with van der Waals surface area (Å²) in [4.78, 5) is 22.7. The molecule has 0 atom stereocenters. The molecular formula is C19H22ClN3O5S. The van der Waals surface area contributed by atoms with Gasteiger partial charge in [-0.25, -0.2) is 8.42 Å². The maximum Gasteiger partial charge on any atom is 0.271 e. The normalized spacial score (nSPS) is 11.8. The Hall–Kier alpha value is -2.65. The highest BCUT2D eigenvalue weighted by atomic mass is 35.5. The molecular weight excluding hydrogens is 418 g/mol. The van der Waals surface area contributed by atoms with Crippen LogP contribution in [-0.4, -0.2) is 32.0 Å². The first-order chi connectivity index (χ1) is 13.3. The Morgan fingerprint density at radius 3 is 2.24 bits per heavy atom. The minimum Gasteiger partial charge on any atom is -0.323 e. The molecule has 0 unspecified atom stereocenters. The average Bonchev–Trinajstić information content (AvgIpc) is 2.60. The third-order valence-corrected chi connectivity index (χ3v) is 5.61. The van der Waals surface area contributed by atoms with Crippen molar-refractivity contribution < 1.29 is 18.1 Å². The molecule has 0 aromatic heterocycles. The minimum atomic E-state index is -3.75. The van der Waals surface area contributed by atoms with Crippen molar-refractivity contribution in [2.75, 3.05) is 22.4 Å². The molecule has 0 heterocycles. The third-order valence-electron chi connectivity index (χ3n) is 4.14. The molecule has 0 aliphatic rings. The van der Waals surface area contributed by atoms with Crippen LogP contribution in [0.5, 0.6) is 0 Å². The van der Waals surface area contributed by atoms with E-state index in [1.807, 2.05) is 32.9 Å². The summed E-state index contributed by atoms with van der Waals surface area (Å²) in [5.74, 6) is -0.683. The van der Waals surface area contributed by atoms with Crippen molar-refractivity contribution in [3.8, 4) is 0 Å². The lowest BCUT2D eigenvalue weighted by molar-refractivity contribution is -0.384. The Balaban J connectivity index is 2.27. The van der Waals surface area contributed by atoms with E-state index in [4.69, 9.17) is 11.6 Å². The summed E-state index contributed by atoms with van der Waals surface area (Å²) in [6, 6.07) is 10.5. The lowest BCUT2D eigenvalue weighted by Crippen LogP contribution is -2.37. The standard InChI is InChI=1S/C19H22ClN3O5S/c1-19(2,3)13-5-7-14(8-6-13)22(29(4,27)28)12-18(24)21-17-11-15(23(25)26)9-10-16(17)20/h5-11H,12H2,1-4H3,(H,21,24). The molecule has 10 heteroatoms. The molecule has 0 fully saturated rings. The third kappa shape index (κ3) is 5.91. The fourth-order valence-electron chi connectivity index (χ4n) is 2.57. The number of rotatable bonds is 6. The number of nitro groups is 1. The van der Waals surface area contributed by atoms with Crippen LogP contribution in [-0.2, 0) is 20.2 Å². The van der Waals surface area contributed by atoms with E-state index in [1.165, 1.54) is 12.1 Å². The minimum absolute atomic E-state index is 0.0300. The number of amides is 1. The first-order valence-corrected chi connectivity index (χ1v) is 10.8. The van der Waals surface area contributed by atoms with Gasteiger partial charge in [-0.1, -0.05) is 44.5 Å². The number of carbonyl (C=O) groups is 1. The summed E-state index contributed by atoms with van der Waals surface area (Å²) >= 11 is 5.98. The lowest BCUT2D eigenvalue weighted by Gasteiger charge is -2.24. The summed E-state index contributed by atoms with van der Waals surface area (Å²) in [5.41, 5.74) is 1.03. The van der Waals surface area contributed by atoms with Crippen LogP contribution >= 0.6 is 11.6 Å². The number of carbonyl (C=O) groups excluding carboxylic acids is 1. The van der Waals surface area contributed by atoms with Gasteiger partial charge < -0.3 is 5.32 Å². The van der Waals surface area contributed by atoms with Gasteiger partial charge in [-0.3, -0.25) is 19.2 Å². The van der Waals surface area contributed by atoms with Crippen molar-refractivity contribution in [3.05, 3.63) is 63.2 Å². The van der Waals surface area contributed by atoms with Crippen molar-refractivity contribution in [2.45, 2.75) is 26.2 Å². The predicted octanol–water partition coefficient (Wildman–Crippen LogP) is 3.95. The quantitative estimate of drug-likeness (QED) is 0.541. The van der Waals surface area contributed by atoms with E-state index in [2.05, 4.69) is 5.32 Å². The average molecular weight is 440 g/mol. The number of hydrogen-bond acceptors (Lipinski definition) is 5. The van der Waals surface area contributed by atoms with Crippen molar-refractivity contribution in [3.63, 3.8) is 0 Å². The molecule has 0 aliphatic carbocycles. The Bertz CT molecular complexity index is 1030. The first kappa shape index (κ1) is 22.6. The first-order valence-electron chi connectivity index (χ1n) is 8.61. The number of sulfonamides is 1. The van der Waals surface area contributed by atoms with Gasteiger partial charge in [0.1, 0.15) is 6.54 Å². The van der Waals surface area contributed by atoms with Crippen LogP contribution in [0.1, 0.15) is 26.3 Å². The Labute approximate surface area is 174 Å².